The highest BCUT2D eigenvalue weighted by molar-refractivity contribution is 5.85. The lowest BCUT2D eigenvalue weighted by Crippen LogP contribution is -2.30. The molecule has 34 heavy (non-hydrogen) atoms. The van der Waals surface area contributed by atoms with Gasteiger partial charge in [-0.25, -0.2) is 9.67 Å². The average molecular weight is 453 g/mol. The van der Waals surface area contributed by atoms with E-state index in [1.54, 1.807) is 0 Å². The number of benzene rings is 1. The van der Waals surface area contributed by atoms with E-state index in [4.69, 9.17) is 4.98 Å². The van der Waals surface area contributed by atoms with Crippen LogP contribution in [0.25, 0.3) is 27.7 Å². The van der Waals surface area contributed by atoms with Gasteiger partial charge in [0.15, 0.2) is 0 Å². The third-order valence-electron chi connectivity index (χ3n) is 7.21. The van der Waals surface area contributed by atoms with E-state index in [0.29, 0.717) is 0 Å². The van der Waals surface area contributed by atoms with Crippen molar-refractivity contribution in [1.29, 1.82) is 0 Å². The van der Waals surface area contributed by atoms with Gasteiger partial charge in [0.2, 0.25) is 0 Å². The highest BCUT2D eigenvalue weighted by Crippen LogP contribution is 2.27. The molecular formula is C28H32N6. The molecule has 174 valence electrons. The summed E-state index contributed by atoms with van der Waals surface area (Å²) >= 11 is 0. The van der Waals surface area contributed by atoms with E-state index in [1.165, 1.54) is 62.7 Å². The van der Waals surface area contributed by atoms with Crippen molar-refractivity contribution in [2.45, 2.75) is 45.1 Å². The molecule has 0 N–H and O–H groups in total. The van der Waals surface area contributed by atoms with E-state index >= 15 is 0 Å². The van der Waals surface area contributed by atoms with Crippen molar-refractivity contribution in [1.82, 2.24) is 24.6 Å². The van der Waals surface area contributed by atoms with E-state index in [9.17, 15) is 0 Å². The first-order chi connectivity index (χ1) is 16.8. The SMILES string of the molecule is c1ncc(-c2ccc3c(cnn3-c3ccc(N4CCCCC4)nc3)c2)cc1CN1CCCCC1. The molecule has 6 rings (SSSR count). The Morgan fingerprint density at radius 3 is 2.32 bits per heavy atom. The summed E-state index contributed by atoms with van der Waals surface area (Å²) in [6, 6.07) is 13.1. The van der Waals surface area contributed by atoms with Gasteiger partial charge >= 0.3 is 0 Å². The first-order valence-electron chi connectivity index (χ1n) is 12.7. The van der Waals surface area contributed by atoms with Crippen LogP contribution in [0.5, 0.6) is 0 Å². The van der Waals surface area contributed by atoms with Gasteiger partial charge < -0.3 is 4.90 Å². The summed E-state index contributed by atoms with van der Waals surface area (Å²) in [5, 5.41) is 5.80. The van der Waals surface area contributed by atoms with Crippen molar-refractivity contribution in [3.63, 3.8) is 0 Å². The van der Waals surface area contributed by atoms with E-state index in [1.807, 2.05) is 29.5 Å². The number of hydrogen-bond acceptors (Lipinski definition) is 5. The van der Waals surface area contributed by atoms with Gasteiger partial charge in [0.1, 0.15) is 5.82 Å². The summed E-state index contributed by atoms with van der Waals surface area (Å²) in [6.45, 7) is 5.59. The van der Waals surface area contributed by atoms with E-state index in [2.05, 4.69) is 56.3 Å². The Morgan fingerprint density at radius 1 is 0.706 bits per heavy atom. The summed E-state index contributed by atoms with van der Waals surface area (Å²) in [4.78, 5) is 14.2. The van der Waals surface area contributed by atoms with Crippen molar-refractivity contribution >= 4 is 16.7 Å². The minimum absolute atomic E-state index is 0.988. The van der Waals surface area contributed by atoms with Crippen LogP contribution in [0.4, 0.5) is 5.82 Å². The molecule has 0 radical (unpaired) electrons. The van der Waals surface area contributed by atoms with Gasteiger partial charge in [-0.05, 0) is 86.7 Å². The summed E-state index contributed by atoms with van der Waals surface area (Å²) in [6.07, 6.45) is 15.7. The van der Waals surface area contributed by atoms with Crippen molar-refractivity contribution < 1.29 is 0 Å². The van der Waals surface area contributed by atoms with E-state index < -0.39 is 0 Å². The smallest absolute Gasteiger partial charge is 0.128 e. The highest BCUT2D eigenvalue weighted by atomic mass is 15.3. The fourth-order valence-corrected chi connectivity index (χ4v) is 5.34. The fraction of sp³-hybridized carbons (Fsp3) is 0.393. The van der Waals surface area contributed by atoms with Crippen LogP contribution in [0.3, 0.4) is 0 Å². The molecule has 0 bridgehead atoms. The topological polar surface area (TPSA) is 50.1 Å². The lowest BCUT2D eigenvalue weighted by atomic mass is 10.0. The lowest BCUT2D eigenvalue weighted by Gasteiger charge is -2.27. The Labute approximate surface area is 201 Å². The number of aromatic nitrogens is 4. The van der Waals surface area contributed by atoms with Gasteiger partial charge in [-0.3, -0.25) is 9.88 Å². The molecule has 0 atom stereocenters. The molecule has 2 saturated heterocycles. The molecule has 4 aromatic rings. The van der Waals surface area contributed by atoms with Crippen molar-refractivity contribution in [3.8, 4) is 16.8 Å². The fourth-order valence-electron chi connectivity index (χ4n) is 5.34. The first-order valence-corrected chi connectivity index (χ1v) is 12.7. The summed E-state index contributed by atoms with van der Waals surface area (Å²) in [7, 11) is 0. The molecule has 5 heterocycles. The second-order valence-corrected chi connectivity index (χ2v) is 9.67. The number of rotatable bonds is 5. The zero-order valence-electron chi connectivity index (χ0n) is 19.7. The molecule has 0 unspecified atom stereocenters. The maximum atomic E-state index is 4.74. The molecule has 0 aliphatic carbocycles. The Balaban J connectivity index is 1.23. The van der Waals surface area contributed by atoms with Crippen molar-refractivity contribution in [2.75, 3.05) is 31.1 Å². The van der Waals surface area contributed by atoms with Crippen LogP contribution in [0.2, 0.25) is 0 Å². The maximum absolute atomic E-state index is 4.74. The zero-order chi connectivity index (χ0) is 22.7. The van der Waals surface area contributed by atoms with Gasteiger partial charge in [0.05, 0.1) is 23.6 Å². The number of hydrogen-bond donors (Lipinski definition) is 0. The van der Waals surface area contributed by atoms with Gasteiger partial charge in [0, 0.05) is 43.0 Å². The maximum Gasteiger partial charge on any atom is 0.128 e. The molecule has 0 amide bonds. The molecule has 2 aliphatic heterocycles. The molecule has 6 nitrogen and oxygen atoms in total. The second kappa shape index (κ2) is 9.55. The Hall–Kier alpha value is -3.25. The second-order valence-electron chi connectivity index (χ2n) is 9.67. The van der Waals surface area contributed by atoms with Crippen LogP contribution in [0, 0.1) is 0 Å². The number of piperidine rings is 2. The van der Waals surface area contributed by atoms with Gasteiger partial charge in [-0.15, -0.1) is 0 Å². The summed E-state index contributed by atoms with van der Waals surface area (Å²) < 4.78 is 1.98. The minimum Gasteiger partial charge on any atom is -0.357 e. The van der Waals surface area contributed by atoms with Crippen LogP contribution in [0.15, 0.2) is 61.2 Å². The quantitative estimate of drug-likeness (QED) is 0.402. The third kappa shape index (κ3) is 4.42. The Kier molecular flexibility index (Phi) is 5.98. The van der Waals surface area contributed by atoms with E-state index in [-0.39, 0.29) is 0 Å². The predicted molar refractivity (Wildman–Crippen MR) is 137 cm³/mol. The largest absolute Gasteiger partial charge is 0.357 e. The van der Waals surface area contributed by atoms with Crippen molar-refractivity contribution in [3.05, 3.63) is 66.7 Å². The minimum atomic E-state index is 0.988. The average Bonchev–Trinajstić information content (AvgIpc) is 3.33. The standard InChI is InChI=1S/C28H32N6/c1-3-11-32(12-4-1)21-22-15-24(18-29-17-22)23-7-9-27-25(16-23)19-31-34(27)26-8-10-28(30-20-26)33-13-5-2-6-14-33/h7-10,15-20H,1-6,11-14,21H2. The van der Waals surface area contributed by atoms with Gasteiger partial charge in [-0.2, -0.15) is 5.10 Å². The molecule has 0 saturated carbocycles. The number of nitrogens with zero attached hydrogens (tertiary/aromatic N) is 6. The zero-order valence-corrected chi connectivity index (χ0v) is 19.7. The normalized spacial score (nSPS) is 17.4. The van der Waals surface area contributed by atoms with Crippen LogP contribution in [-0.4, -0.2) is 50.8 Å². The Bertz CT molecular complexity index is 1250. The first kappa shape index (κ1) is 21.3. The highest BCUT2D eigenvalue weighted by Gasteiger charge is 2.14. The lowest BCUT2D eigenvalue weighted by molar-refractivity contribution is 0.220. The van der Waals surface area contributed by atoms with Crippen LogP contribution in [-0.2, 0) is 6.54 Å². The number of likely N-dealkylation sites (tertiary alicyclic amines) is 1. The molecule has 1 aromatic carbocycles. The molecule has 3 aromatic heterocycles. The number of pyridine rings is 2. The third-order valence-corrected chi connectivity index (χ3v) is 7.21. The number of fused-ring (bicyclic) bond motifs is 1. The van der Waals surface area contributed by atoms with Crippen molar-refractivity contribution in [2.24, 2.45) is 0 Å². The molecule has 6 heteroatoms. The van der Waals surface area contributed by atoms with Gasteiger partial charge in [0.25, 0.3) is 0 Å². The molecule has 0 spiro atoms. The summed E-state index contributed by atoms with van der Waals surface area (Å²) in [5.41, 5.74) is 5.72. The monoisotopic (exact) mass is 452 g/mol. The number of anilines is 1. The van der Waals surface area contributed by atoms with Crippen LogP contribution < -0.4 is 4.90 Å². The van der Waals surface area contributed by atoms with Gasteiger partial charge in [-0.1, -0.05) is 12.5 Å². The summed E-state index contributed by atoms with van der Waals surface area (Å²) in [5.74, 6) is 1.07. The van der Waals surface area contributed by atoms with E-state index in [0.717, 1.165) is 47.6 Å². The van der Waals surface area contributed by atoms with Crippen LogP contribution in [0.1, 0.15) is 44.1 Å². The molecule has 2 fully saturated rings. The Morgan fingerprint density at radius 2 is 1.53 bits per heavy atom. The predicted octanol–water partition coefficient (Wildman–Crippen LogP) is 5.46. The molecular weight excluding hydrogens is 420 g/mol. The van der Waals surface area contributed by atoms with Crippen LogP contribution >= 0.6 is 0 Å². The molecule has 2 aliphatic rings.